The smallest absolute Gasteiger partial charge is 0.272 e. The molecule has 1 fully saturated rings. The third-order valence-corrected chi connectivity index (χ3v) is 3.94. The van der Waals surface area contributed by atoms with E-state index in [0.717, 1.165) is 12.8 Å². The van der Waals surface area contributed by atoms with Gasteiger partial charge in [-0.25, -0.2) is 4.98 Å². The van der Waals surface area contributed by atoms with Gasteiger partial charge in [0.15, 0.2) is 0 Å². The highest BCUT2D eigenvalue weighted by atomic mass is 35.5. The van der Waals surface area contributed by atoms with Crippen molar-refractivity contribution in [2.45, 2.75) is 38.1 Å². The van der Waals surface area contributed by atoms with Gasteiger partial charge in [-0.3, -0.25) is 4.79 Å². The Hall–Kier alpha value is -0.800. The zero-order valence-corrected chi connectivity index (χ0v) is 12.3. The predicted octanol–water partition coefficient (Wildman–Crippen LogP) is 3.75. The van der Waals surface area contributed by atoms with Crippen molar-refractivity contribution in [3.63, 3.8) is 0 Å². The van der Waals surface area contributed by atoms with Gasteiger partial charge < -0.3 is 4.90 Å². The Morgan fingerprint density at radius 1 is 1.32 bits per heavy atom. The number of hydrogen-bond acceptors (Lipinski definition) is 2. The Kier molecular flexibility index (Phi) is 5.46. The normalized spacial score (nSPS) is 16.3. The number of pyridine rings is 1. The summed E-state index contributed by atoms with van der Waals surface area (Å²) >= 11 is 11.6. The summed E-state index contributed by atoms with van der Waals surface area (Å²) in [4.78, 5) is 18.5. The number of hydrogen-bond donors (Lipinski definition) is 0. The van der Waals surface area contributed by atoms with Crippen molar-refractivity contribution < 1.29 is 4.79 Å². The Labute approximate surface area is 123 Å². The van der Waals surface area contributed by atoms with Crippen molar-refractivity contribution in [1.82, 2.24) is 9.88 Å². The molecule has 1 saturated carbocycles. The molecular weight excluding hydrogens is 283 g/mol. The minimum absolute atomic E-state index is 0.0378. The molecule has 0 unspecified atom stereocenters. The van der Waals surface area contributed by atoms with Gasteiger partial charge in [-0.2, -0.15) is 0 Å². The van der Waals surface area contributed by atoms with E-state index < -0.39 is 0 Å². The molecule has 19 heavy (non-hydrogen) atoms. The van der Waals surface area contributed by atoms with E-state index in [1.54, 1.807) is 12.1 Å². The van der Waals surface area contributed by atoms with Crippen molar-refractivity contribution in [2.75, 3.05) is 12.4 Å². The molecule has 0 aliphatic heterocycles. The maximum absolute atomic E-state index is 12.5. The summed E-state index contributed by atoms with van der Waals surface area (Å²) in [5.41, 5.74) is 0.445. The summed E-state index contributed by atoms with van der Waals surface area (Å²) in [6.07, 6.45) is 7.27. The van der Waals surface area contributed by atoms with Gasteiger partial charge in [0.2, 0.25) is 0 Å². The number of rotatable bonds is 4. The van der Waals surface area contributed by atoms with E-state index in [9.17, 15) is 4.79 Å². The van der Waals surface area contributed by atoms with E-state index in [1.165, 1.54) is 25.5 Å². The molecule has 1 aromatic heterocycles. The number of amides is 1. The van der Waals surface area contributed by atoms with E-state index in [0.29, 0.717) is 29.2 Å². The Bertz CT molecular complexity index is 416. The molecule has 1 heterocycles. The molecule has 3 nitrogen and oxygen atoms in total. The molecule has 0 bridgehead atoms. The first-order valence-electron chi connectivity index (χ1n) is 6.71. The summed E-state index contributed by atoms with van der Waals surface area (Å²) in [6, 6.07) is 3.67. The number of carbonyl (C=O) groups excluding carboxylic acids is 1. The molecule has 0 saturated heterocycles. The second-order valence-electron chi connectivity index (χ2n) is 4.84. The van der Waals surface area contributed by atoms with Crippen LogP contribution in [-0.2, 0) is 0 Å². The Balaban J connectivity index is 2.13. The fourth-order valence-electron chi connectivity index (χ4n) is 2.58. The quantitative estimate of drug-likeness (QED) is 0.794. The van der Waals surface area contributed by atoms with Crippen LogP contribution in [0, 0.1) is 0 Å². The van der Waals surface area contributed by atoms with Crippen LogP contribution in [0.25, 0.3) is 0 Å². The van der Waals surface area contributed by atoms with Crippen LogP contribution < -0.4 is 0 Å². The molecule has 0 spiro atoms. The number of nitrogens with zero attached hydrogens (tertiary/aromatic N) is 2. The highest BCUT2D eigenvalue weighted by Gasteiger charge is 2.26. The number of halogens is 2. The third kappa shape index (κ3) is 3.83. The van der Waals surface area contributed by atoms with Gasteiger partial charge in [0.05, 0.1) is 5.02 Å². The summed E-state index contributed by atoms with van der Waals surface area (Å²) in [7, 11) is 0. The molecule has 104 valence electrons. The van der Waals surface area contributed by atoms with Gasteiger partial charge in [-0.15, -0.1) is 11.6 Å². The largest absolute Gasteiger partial charge is 0.333 e. The summed E-state index contributed by atoms with van der Waals surface area (Å²) in [5, 5.41) is 0.540. The summed E-state index contributed by atoms with van der Waals surface area (Å²) in [6.45, 7) is 0.579. The van der Waals surface area contributed by atoms with Gasteiger partial charge in [0, 0.05) is 24.7 Å². The van der Waals surface area contributed by atoms with Crippen molar-refractivity contribution in [1.29, 1.82) is 0 Å². The van der Waals surface area contributed by atoms with Crippen LogP contribution in [0.3, 0.4) is 0 Å². The van der Waals surface area contributed by atoms with Crippen molar-refractivity contribution >= 4 is 29.1 Å². The van der Waals surface area contributed by atoms with Crippen LogP contribution in [0.2, 0.25) is 5.02 Å². The molecule has 1 aliphatic carbocycles. The van der Waals surface area contributed by atoms with Crippen molar-refractivity contribution in [2.24, 2.45) is 0 Å². The van der Waals surface area contributed by atoms with Crippen LogP contribution in [0.4, 0.5) is 0 Å². The van der Waals surface area contributed by atoms with Gasteiger partial charge >= 0.3 is 0 Å². The lowest BCUT2D eigenvalue weighted by molar-refractivity contribution is 0.0643. The molecule has 5 heteroatoms. The van der Waals surface area contributed by atoms with Gasteiger partial charge in [-0.1, -0.05) is 30.9 Å². The minimum atomic E-state index is -0.0378. The first-order chi connectivity index (χ1) is 9.22. The van der Waals surface area contributed by atoms with Crippen LogP contribution >= 0.6 is 23.2 Å². The lowest BCUT2D eigenvalue weighted by atomic mass is 9.94. The van der Waals surface area contributed by atoms with Crippen LogP contribution in [0.5, 0.6) is 0 Å². The zero-order chi connectivity index (χ0) is 13.7. The molecule has 0 N–H and O–H groups in total. The lowest BCUT2D eigenvalue weighted by Gasteiger charge is -2.33. The SMILES string of the molecule is O=C(c1ccc(Cl)cn1)N(CCCl)C1CCCCC1. The standard InChI is InChI=1S/C14H18Cl2N2O/c15-8-9-18(12-4-2-1-3-5-12)14(19)13-7-6-11(16)10-17-13/h6-7,10,12H,1-5,8-9H2. The topological polar surface area (TPSA) is 33.2 Å². The Morgan fingerprint density at radius 2 is 2.05 bits per heavy atom. The van der Waals surface area contributed by atoms with Crippen LogP contribution in [0.15, 0.2) is 18.3 Å². The molecule has 0 atom stereocenters. The maximum atomic E-state index is 12.5. The van der Waals surface area contributed by atoms with Gasteiger partial charge in [0.25, 0.3) is 5.91 Å². The fraction of sp³-hybridized carbons (Fsp3) is 0.571. The molecule has 1 aliphatic rings. The number of alkyl halides is 1. The highest BCUT2D eigenvalue weighted by molar-refractivity contribution is 6.30. The van der Waals surface area contributed by atoms with Crippen LogP contribution in [-0.4, -0.2) is 34.3 Å². The van der Waals surface area contributed by atoms with E-state index >= 15 is 0 Å². The average molecular weight is 301 g/mol. The van der Waals surface area contributed by atoms with E-state index in [-0.39, 0.29) is 5.91 Å². The third-order valence-electron chi connectivity index (χ3n) is 3.55. The molecule has 2 rings (SSSR count). The average Bonchev–Trinajstić information content (AvgIpc) is 2.46. The van der Waals surface area contributed by atoms with Gasteiger partial charge in [-0.05, 0) is 25.0 Å². The second kappa shape index (κ2) is 7.11. The lowest BCUT2D eigenvalue weighted by Crippen LogP contribution is -2.42. The predicted molar refractivity (Wildman–Crippen MR) is 77.9 cm³/mol. The van der Waals surface area contributed by atoms with E-state index in [4.69, 9.17) is 23.2 Å². The number of carbonyl (C=O) groups is 1. The van der Waals surface area contributed by atoms with Crippen molar-refractivity contribution in [3.05, 3.63) is 29.0 Å². The minimum Gasteiger partial charge on any atom is -0.333 e. The molecular formula is C14H18Cl2N2O. The number of aromatic nitrogens is 1. The van der Waals surface area contributed by atoms with Gasteiger partial charge in [0.1, 0.15) is 5.69 Å². The summed E-state index contributed by atoms with van der Waals surface area (Å²) < 4.78 is 0. The Morgan fingerprint density at radius 3 is 2.63 bits per heavy atom. The molecule has 1 aromatic rings. The highest BCUT2D eigenvalue weighted by Crippen LogP contribution is 2.24. The maximum Gasteiger partial charge on any atom is 0.272 e. The summed E-state index contributed by atoms with van der Waals surface area (Å²) in [5.74, 6) is 0.416. The second-order valence-corrected chi connectivity index (χ2v) is 5.66. The van der Waals surface area contributed by atoms with E-state index in [1.807, 2.05) is 4.90 Å². The van der Waals surface area contributed by atoms with Crippen LogP contribution in [0.1, 0.15) is 42.6 Å². The zero-order valence-electron chi connectivity index (χ0n) is 10.8. The first-order valence-corrected chi connectivity index (χ1v) is 7.62. The fourth-order valence-corrected chi connectivity index (χ4v) is 2.88. The first kappa shape index (κ1) is 14.6. The molecule has 0 radical (unpaired) electrons. The molecule has 0 aromatic carbocycles. The van der Waals surface area contributed by atoms with Crippen molar-refractivity contribution in [3.8, 4) is 0 Å². The van der Waals surface area contributed by atoms with E-state index in [2.05, 4.69) is 4.98 Å². The molecule has 1 amide bonds. The monoisotopic (exact) mass is 300 g/mol.